The molecule has 0 aromatic carbocycles. The van der Waals surface area contributed by atoms with Crippen LogP contribution in [0.5, 0.6) is 0 Å². The number of hydrogen-bond acceptors (Lipinski definition) is 7. The predicted molar refractivity (Wildman–Crippen MR) is 112 cm³/mol. The SMILES string of the molecule is COC(=O)c1sccc1NC(=S)Nc1sc2c(c1C(=O)OC)CC[C@@H](C)C2. The van der Waals surface area contributed by atoms with Crippen molar-refractivity contribution in [2.75, 3.05) is 24.9 Å². The second kappa shape index (κ2) is 8.37. The lowest BCUT2D eigenvalue weighted by Gasteiger charge is -2.18. The van der Waals surface area contributed by atoms with Crippen LogP contribution < -0.4 is 10.6 Å². The summed E-state index contributed by atoms with van der Waals surface area (Å²) in [5.41, 5.74) is 2.19. The summed E-state index contributed by atoms with van der Waals surface area (Å²) in [6.07, 6.45) is 2.85. The number of ether oxygens (including phenoxy) is 2. The van der Waals surface area contributed by atoms with Crippen molar-refractivity contribution >= 4 is 62.6 Å². The van der Waals surface area contributed by atoms with Gasteiger partial charge in [0.1, 0.15) is 9.88 Å². The monoisotopic (exact) mass is 424 g/mol. The molecule has 144 valence electrons. The number of esters is 2. The maximum absolute atomic E-state index is 12.4. The number of hydrogen-bond donors (Lipinski definition) is 2. The Hall–Kier alpha value is -1.97. The summed E-state index contributed by atoms with van der Waals surface area (Å²) in [4.78, 5) is 25.8. The minimum Gasteiger partial charge on any atom is -0.465 e. The molecule has 0 fully saturated rings. The van der Waals surface area contributed by atoms with E-state index in [2.05, 4.69) is 17.6 Å². The summed E-state index contributed by atoms with van der Waals surface area (Å²) in [7, 11) is 2.72. The molecule has 0 radical (unpaired) electrons. The molecule has 1 atom stereocenters. The molecule has 6 nitrogen and oxygen atoms in total. The second-order valence-corrected chi connectivity index (χ2v) is 8.71. The fourth-order valence-electron chi connectivity index (χ4n) is 3.07. The van der Waals surface area contributed by atoms with Crippen LogP contribution in [-0.4, -0.2) is 31.3 Å². The number of carbonyl (C=O) groups is 2. The molecule has 0 aliphatic heterocycles. The maximum atomic E-state index is 12.4. The van der Waals surface area contributed by atoms with Gasteiger partial charge in [-0.25, -0.2) is 9.59 Å². The van der Waals surface area contributed by atoms with Crippen molar-refractivity contribution in [2.45, 2.75) is 26.2 Å². The van der Waals surface area contributed by atoms with Crippen LogP contribution in [-0.2, 0) is 22.3 Å². The number of nitrogens with one attached hydrogen (secondary N) is 2. The van der Waals surface area contributed by atoms with Crippen molar-refractivity contribution in [1.82, 2.24) is 0 Å². The van der Waals surface area contributed by atoms with Gasteiger partial charge in [-0.05, 0) is 54.4 Å². The summed E-state index contributed by atoms with van der Waals surface area (Å²) in [5.74, 6) is -0.197. The van der Waals surface area contributed by atoms with E-state index in [4.69, 9.17) is 21.7 Å². The topological polar surface area (TPSA) is 76.7 Å². The maximum Gasteiger partial charge on any atom is 0.350 e. The Kier molecular flexibility index (Phi) is 6.13. The Labute approximate surface area is 170 Å². The molecule has 0 amide bonds. The lowest BCUT2D eigenvalue weighted by atomic mass is 9.88. The van der Waals surface area contributed by atoms with Crippen molar-refractivity contribution in [2.24, 2.45) is 5.92 Å². The van der Waals surface area contributed by atoms with E-state index in [0.29, 0.717) is 32.2 Å². The highest BCUT2D eigenvalue weighted by Crippen LogP contribution is 2.40. The number of methoxy groups -OCH3 is 2. The van der Waals surface area contributed by atoms with E-state index in [0.717, 1.165) is 24.8 Å². The first-order valence-electron chi connectivity index (χ1n) is 8.41. The van der Waals surface area contributed by atoms with E-state index in [1.54, 1.807) is 11.4 Å². The first-order chi connectivity index (χ1) is 12.9. The van der Waals surface area contributed by atoms with Crippen molar-refractivity contribution < 1.29 is 19.1 Å². The fraction of sp³-hybridized carbons (Fsp3) is 0.389. The summed E-state index contributed by atoms with van der Waals surface area (Å²) >= 11 is 8.20. The molecule has 0 bridgehead atoms. The van der Waals surface area contributed by atoms with Gasteiger partial charge in [-0.15, -0.1) is 22.7 Å². The van der Waals surface area contributed by atoms with Crippen LogP contribution in [0.3, 0.4) is 0 Å². The summed E-state index contributed by atoms with van der Waals surface area (Å²) in [6.45, 7) is 2.21. The summed E-state index contributed by atoms with van der Waals surface area (Å²) in [5, 5.41) is 8.88. The average Bonchev–Trinajstić information content (AvgIpc) is 3.23. The van der Waals surface area contributed by atoms with E-state index in [1.807, 2.05) is 0 Å². The van der Waals surface area contributed by atoms with Crippen LogP contribution in [0.2, 0.25) is 0 Å². The highest BCUT2D eigenvalue weighted by atomic mass is 32.1. The Bertz CT molecular complexity index is 887. The van der Waals surface area contributed by atoms with Gasteiger partial charge in [0, 0.05) is 4.88 Å². The molecule has 9 heteroatoms. The first kappa shape index (κ1) is 19.8. The van der Waals surface area contributed by atoms with Gasteiger partial charge in [0.25, 0.3) is 0 Å². The molecule has 0 spiro atoms. The minimum absolute atomic E-state index is 0.301. The predicted octanol–water partition coefficient (Wildman–Crippen LogP) is 4.32. The molecule has 27 heavy (non-hydrogen) atoms. The van der Waals surface area contributed by atoms with Crippen LogP contribution in [0.1, 0.15) is 43.8 Å². The van der Waals surface area contributed by atoms with Gasteiger partial charge < -0.3 is 20.1 Å². The Morgan fingerprint density at radius 2 is 1.96 bits per heavy atom. The quantitative estimate of drug-likeness (QED) is 0.559. The Balaban J connectivity index is 1.83. The molecule has 2 N–H and O–H groups in total. The van der Waals surface area contributed by atoms with Gasteiger partial charge in [0.15, 0.2) is 5.11 Å². The Morgan fingerprint density at radius 1 is 1.22 bits per heavy atom. The van der Waals surface area contributed by atoms with E-state index in [9.17, 15) is 9.59 Å². The zero-order valence-electron chi connectivity index (χ0n) is 15.2. The highest BCUT2D eigenvalue weighted by Gasteiger charge is 2.28. The minimum atomic E-state index is -0.425. The second-order valence-electron chi connectivity index (χ2n) is 6.28. The van der Waals surface area contributed by atoms with E-state index >= 15 is 0 Å². The third-order valence-electron chi connectivity index (χ3n) is 4.41. The zero-order valence-corrected chi connectivity index (χ0v) is 17.7. The van der Waals surface area contributed by atoms with E-state index in [1.165, 1.54) is 41.8 Å². The zero-order chi connectivity index (χ0) is 19.6. The summed E-state index contributed by atoms with van der Waals surface area (Å²) < 4.78 is 9.76. The lowest BCUT2D eigenvalue weighted by Crippen LogP contribution is -2.21. The molecule has 0 saturated heterocycles. The Morgan fingerprint density at radius 3 is 2.67 bits per heavy atom. The van der Waals surface area contributed by atoms with Crippen molar-refractivity contribution in [3.05, 3.63) is 32.3 Å². The van der Waals surface area contributed by atoms with Gasteiger partial charge in [-0.1, -0.05) is 6.92 Å². The molecule has 0 saturated carbocycles. The molecular formula is C18H20N2O4S3. The van der Waals surface area contributed by atoms with Crippen molar-refractivity contribution in [1.29, 1.82) is 0 Å². The van der Waals surface area contributed by atoms with Crippen LogP contribution in [0.4, 0.5) is 10.7 Å². The van der Waals surface area contributed by atoms with Crippen molar-refractivity contribution in [3.63, 3.8) is 0 Å². The van der Waals surface area contributed by atoms with Gasteiger partial charge in [-0.2, -0.15) is 0 Å². The molecular weight excluding hydrogens is 404 g/mol. The number of thiophene rings is 2. The third kappa shape index (κ3) is 4.15. The molecule has 3 rings (SSSR count). The average molecular weight is 425 g/mol. The van der Waals surface area contributed by atoms with Crippen LogP contribution in [0.25, 0.3) is 0 Å². The molecule has 2 heterocycles. The highest BCUT2D eigenvalue weighted by molar-refractivity contribution is 7.80. The molecule has 1 aliphatic carbocycles. The smallest absolute Gasteiger partial charge is 0.350 e. The van der Waals surface area contributed by atoms with Crippen molar-refractivity contribution in [3.8, 4) is 0 Å². The first-order valence-corrected chi connectivity index (χ1v) is 10.5. The van der Waals surface area contributed by atoms with Crippen LogP contribution >= 0.6 is 34.9 Å². The number of thiocarbonyl (C=S) groups is 1. The molecule has 2 aromatic rings. The lowest BCUT2D eigenvalue weighted by molar-refractivity contribution is 0.0594. The fourth-order valence-corrected chi connectivity index (χ4v) is 5.52. The molecule has 0 unspecified atom stereocenters. The molecule has 2 aromatic heterocycles. The summed E-state index contributed by atoms with van der Waals surface area (Å²) in [6, 6.07) is 1.76. The standard InChI is InChI=1S/C18H20N2O4S3/c1-9-4-5-10-12(8-9)27-15(13(10)16(21)23-2)20-18(25)19-11-6-7-26-14(11)17(22)24-3/h6-7,9H,4-5,8H2,1-3H3,(H2,19,20,25)/t9-/m1/s1. The van der Waals surface area contributed by atoms with Gasteiger partial charge >= 0.3 is 11.9 Å². The number of anilines is 2. The van der Waals surface area contributed by atoms with Gasteiger partial charge in [0.05, 0.1) is 25.5 Å². The number of carbonyl (C=O) groups excluding carboxylic acids is 2. The third-order valence-corrected chi connectivity index (χ3v) is 6.68. The van der Waals surface area contributed by atoms with E-state index in [-0.39, 0.29) is 5.97 Å². The van der Waals surface area contributed by atoms with Gasteiger partial charge in [-0.3, -0.25) is 0 Å². The largest absolute Gasteiger partial charge is 0.465 e. The van der Waals surface area contributed by atoms with Crippen LogP contribution in [0.15, 0.2) is 11.4 Å². The van der Waals surface area contributed by atoms with Crippen LogP contribution in [0, 0.1) is 5.92 Å². The van der Waals surface area contributed by atoms with Gasteiger partial charge in [0.2, 0.25) is 0 Å². The normalized spacial score (nSPS) is 15.6. The number of fused-ring (bicyclic) bond motifs is 1. The number of rotatable bonds is 4. The molecule has 1 aliphatic rings. The van der Waals surface area contributed by atoms with E-state index < -0.39 is 5.97 Å².